The number of carbonyl (C=O) groups excluding carboxylic acids is 1. The van der Waals surface area contributed by atoms with Gasteiger partial charge in [0.1, 0.15) is 18.0 Å². The molecule has 3 aromatic rings. The van der Waals surface area contributed by atoms with Gasteiger partial charge in [0.05, 0.1) is 5.69 Å². The minimum Gasteiger partial charge on any atom is -0.479 e. The van der Waals surface area contributed by atoms with Crippen LogP contribution in [-0.2, 0) is 16.1 Å². The van der Waals surface area contributed by atoms with Crippen molar-refractivity contribution in [1.29, 1.82) is 0 Å². The Labute approximate surface area is 144 Å². The normalized spacial score (nSPS) is 11.9. The van der Waals surface area contributed by atoms with Crippen molar-refractivity contribution in [1.82, 2.24) is 9.38 Å². The molecule has 0 N–H and O–H groups in total. The fraction of sp³-hybridized carbons (Fsp3) is 0.211. The van der Waals surface area contributed by atoms with Gasteiger partial charge in [0.2, 0.25) is 0 Å². The molecular weight excluding hydrogens is 320 g/mol. The van der Waals surface area contributed by atoms with Crippen molar-refractivity contribution in [2.24, 2.45) is 0 Å². The summed E-state index contributed by atoms with van der Waals surface area (Å²) in [5.74, 6) is 0.0687. The van der Waals surface area contributed by atoms with Gasteiger partial charge in [0.25, 0.3) is 5.56 Å². The third kappa shape index (κ3) is 4.03. The van der Waals surface area contributed by atoms with Crippen molar-refractivity contribution < 1.29 is 14.3 Å². The second kappa shape index (κ2) is 7.17. The maximum Gasteiger partial charge on any atom is 0.347 e. The Morgan fingerprint density at radius 1 is 1.20 bits per heavy atom. The van der Waals surface area contributed by atoms with E-state index in [0.717, 1.165) is 5.56 Å². The third-order valence-electron chi connectivity index (χ3n) is 3.61. The van der Waals surface area contributed by atoms with E-state index in [9.17, 15) is 9.59 Å². The predicted octanol–water partition coefficient (Wildman–Crippen LogP) is 2.51. The van der Waals surface area contributed by atoms with Crippen molar-refractivity contribution in [3.8, 4) is 5.75 Å². The van der Waals surface area contributed by atoms with E-state index in [1.165, 1.54) is 10.5 Å². The topological polar surface area (TPSA) is 69.9 Å². The van der Waals surface area contributed by atoms with Gasteiger partial charge in [-0.3, -0.25) is 9.20 Å². The van der Waals surface area contributed by atoms with E-state index in [1.807, 2.05) is 31.2 Å². The fourth-order valence-corrected chi connectivity index (χ4v) is 2.35. The van der Waals surface area contributed by atoms with Crippen LogP contribution in [0, 0.1) is 6.92 Å². The number of aromatic nitrogens is 2. The Morgan fingerprint density at radius 2 is 1.96 bits per heavy atom. The number of nitrogens with zero attached hydrogens (tertiary/aromatic N) is 2. The first-order chi connectivity index (χ1) is 12.0. The summed E-state index contributed by atoms with van der Waals surface area (Å²) in [4.78, 5) is 28.5. The Morgan fingerprint density at radius 3 is 2.72 bits per heavy atom. The molecule has 0 aliphatic heterocycles. The summed E-state index contributed by atoms with van der Waals surface area (Å²) in [5, 5.41) is 0. The van der Waals surface area contributed by atoms with Gasteiger partial charge in [0, 0.05) is 12.3 Å². The molecule has 2 heterocycles. The monoisotopic (exact) mass is 338 g/mol. The zero-order valence-corrected chi connectivity index (χ0v) is 14.0. The molecule has 0 saturated heterocycles. The van der Waals surface area contributed by atoms with Gasteiger partial charge in [-0.1, -0.05) is 24.3 Å². The summed E-state index contributed by atoms with van der Waals surface area (Å²) >= 11 is 0. The molecule has 3 rings (SSSR count). The molecule has 1 aromatic carbocycles. The number of hydrogen-bond acceptors (Lipinski definition) is 5. The van der Waals surface area contributed by atoms with Crippen LogP contribution in [0.25, 0.3) is 5.65 Å². The number of ether oxygens (including phenoxy) is 2. The largest absolute Gasteiger partial charge is 0.479 e. The van der Waals surface area contributed by atoms with Gasteiger partial charge in [-0.25, -0.2) is 9.78 Å². The first kappa shape index (κ1) is 16.7. The minimum atomic E-state index is -0.758. The molecule has 0 radical (unpaired) electrons. The highest BCUT2D eigenvalue weighted by Gasteiger charge is 2.17. The molecule has 0 fully saturated rings. The maximum absolute atomic E-state index is 12.1. The van der Waals surface area contributed by atoms with Crippen molar-refractivity contribution in [3.05, 3.63) is 76.3 Å². The number of carbonyl (C=O) groups is 1. The Kier molecular flexibility index (Phi) is 4.79. The molecule has 0 unspecified atom stereocenters. The van der Waals surface area contributed by atoms with Crippen LogP contribution >= 0.6 is 0 Å². The molecule has 0 spiro atoms. The Hall–Kier alpha value is -3.15. The molecule has 1 atom stereocenters. The van der Waals surface area contributed by atoms with E-state index in [2.05, 4.69) is 4.98 Å². The standard InChI is InChI=1S/C19H18N2O4/c1-13-8-9-17-20-15(10-18(22)21(17)11-13)12-24-19(23)14(2)25-16-6-4-3-5-7-16/h3-11,14H,12H2,1-2H3/t14-/m0/s1. The van der Waals surface area contributed by atoms with Crippen molar-refractivity contribution in [2.75, 3.05) is 0 Å². The lowest BCUT2D eigenvalue weighted by Gasteiger charge is -2.13. The van der Waals surface area contributed by atoms with Crippen molar-refractivity contribution in [3.63, 3.8) is 0 Å². The van der Waals surface area contributed by atoms with E-state index in [0.29, 0.717) is 17.1 Å². The summed E-state index contributed by atoms with van der Waals surface area (Å²) < 4.78 is 12.2. The number of pyridine rings is 1. The molecule has 128 valence electrons. The SMILES string of the molecule is Cc1ccc2nc(COC(=O)[C@H](C)Oc3ccccc3)cc(=O)n2c1. The minimum absolute atomic E-state index is 0.0824. The number of rotatable bonds is 5. The van der Waals surface area contributed by atoms with Crippen LogP contribution < -0.4 is 10.3 Å². The summed E-state index contributed by atoms with van der Waals surface area (Å²) in [7, 11) is 0. The third-order valence-corrected chi connectivity index (χ3v) is 3.61. The molecule has 6 heteroatoms. The van der Waals surface area contributed by atoms with Gasteiger partial charge in [0.15, 0.2) is 6.10 Å². The second-order valence-corrected chi connectivity index (χ2v) is 5.70. The first-order valence-corrected chi connectivity index (χ1v) is 7.90. The molecule has 25 heavy (non-hydrogen) atoms. The molecule has 6 nitrogen and oxygen atoms in total. The number of hydrogen-bond donors (Lipinski definition) is 0. The van der Waals surface area contributed by atoms with Crippen LogP contribution in [0.4, 0.5) is 0 Å². The smallest absolute Gasteiger partial charge is 0.347 e. The highest BCUT2D eigenvalue weighted by Crippen LogP contribution is 2.12. The predicted molar refractivity (Wildman–Crippen MR) is 92.5 cm³/mol. The summed E-state index contributed by atoms with van der Waals surface area (Å²) in [6.45, 7) is 3.43. The molecule has 0 bridgehead atoms. The van der Waals surface area contributed by atoms with E-state index in [1.54, 1.807) is 31.3 Å². The number of esters is 1. The van der Waals surface area contributed by atoms with Crippen LogP contribution in [0.15, 0.2) is 59.5 Å². The first-order valence-electron chi connectivity index (χ1n) is 7.90. The van der Waals surface area contributed by atoms with E-state index < -0.39 is 12.1 Å². The summed E-state index contributed by atoms with van der Waals surface area (Å²) in [6, 6.07) is 14.0. The average Bonchev–Trinajstić information content (AvgIpc) is 2.61. The quantitative estimate of drug-likeness (QED) is 0.669. The van der Waals surface area contributed by atoms with Crippen LogP contribution in [-0.4, -0.2) is 21.5 Å². The molecule has 0 aliphatic carbocycles. The van der Waals surface area contributed by atoms with Gasteiger partial charge in [-0.05, 0) is 37.6 Å². The van der Waals surface area contributed by atoms with E-state index >= 15 is 0 Å². The lowest BCUT2D eigenvalue weighted by molar-refractivity contribution is -0.152. The summed E-state index contributed by atoms with van der Waals surface area (Å²) in [5.41, 5.74) is 1.66. The molecule has 0 aliphatic rings. The van der Waals surface area contributed by atoms with Crippen molar-refractivity contribution in [2.45, 2.75) is 26.6 Å². The lowest BCUT2D eigenvalue weighted by atomic mass is 10.3. The van der Waals surface area contributed by atoms with Crippen LogP contribution in [0.1, 0.15) is 18.2 Å². The number of aryl methyl sites for hydroxylation is 1. The second-order valence-electron chi connectivity index (χ2n) is 5.70. The molecular formula is C19H18N2O4. The van der Waals surface area contributed by atoms with E-state index in [4.69, 9.17) is 9.47 Å². The lowest BCUT2D eigenvalue weighted by Crippen LogP contribution is -2.26. The summed E-state index contributed by atoms with van der Waals surface area (Å²) in [6.07, 6.45) is 0.961. The highest BCUT2D eigenvalue weighted by molar-refractivity contribution is 5.74. The molecule has 2 aromatic heterocycles. The molecule has 0 saturated carbocycles. The fourth-order valence-electron chi connectivity index (χ4n) is 2.35. The maximum atomic E-state index is 12.1. The van der Waals surface area contributed by atoms with Gasteiger partial charge >= 0.3 is 5.97 Å². The zero-order valence-electron chi connectivity index (χ0n) is 14.0. The molecule has 0 amide bonds. The van der Waals surface area contributed by atoms with Crippen molar-refractivity contribution >= 4 is 11.6 Å². The number of fused-ring (bicyclic) bond motifs is 1. The van der Waals surface area contributed by atoms with E-state index in [-0.39, 0.29) is 12.2 Å². The Balaban J connectivity index is 1.66. The number of para-hydroxylation sites is 1. The average molecular weight is 338 g/mol. The zero-order chi connectivity index (χ0) is 17.8. The Bertz CT molecular complexity index is 951. The van der Waals surface area contributed by atoms with Crippen LogP contribution in [0.5, 0.6) is 5.75 Å². The van der Waals surface area contributed by atoms with Crippen LogP contribution in [0.3, 0.4) is 0 Å². The number of benzene rings is 1. The van der Waals surface area contributed by atoms with Crippen LogP contribution in [0.2, 0.25) is 0 Å². The van der Waals surface area contributed by atoms with Gasteiger partial charge in [-0.2, -0.15) is 0 Å². The van der Waals surface area contributed by atoms with Gasteiger partial charge in [-0.15, -0.1) is 0 Å². The van der Waals surface area contributed by atoms with Gasteiger partial charge < -0.3 is 9.47 Å². The highest BCUT2D eigenvalue weighted by atomic mass is 16.6.